The Hall–Kier alpha value is -3.63. The van der Waals surface area contributed by atoms with Crippen molar-refractivity contribution in [3.63, 3.8) is 0 Å². The van der Waals surface area contributed by atoms with E-state index < -0.39 is 14.9 Å². The van der Waals surface area contributed by atoms with Crippen molar-refractivity contribution in [3.05, 3.63) is 77.1 Å². The molecule has 2 aromatic heterocycles. The molecule has 0 aliphatic rings. The van der Waals surface area contributed by atoms with Crippen LogP contribution in [0.1, 0.15) is 19.8 Å². The Morgan fingerprint density at radius 2 is 1.88 bits per heavy atom. The van der Waals surface area contributed by atoms with Crippen LogP contribution in [0, 0.1) is 10.1 Å². The number of hydrogen-bond donors (Lipinski definition) is 1. The first kappa shape index (κ1) is 21.6. The van der Waals surface area contributed by atoms with E-state index in [2.05, 4.69) is 14.8 Å². The number of nitro groups is 1. The van der Waals surface area contributed by atoms with Crippen LogP contribution in [-0.4, -0.2) is 34.5 Å². The van der Waals surface area contributed by atoms with Crippen LogP contribution >= 0.6 is 0 Å². The molecule has 32 heavy (non-hydrogen) atoms. The molecule has 0 bridgehead atoms. The summed E-state index contributed by atoms with van der Waals surface area (Å²) in [6.07, 6.45) is 4.30. The summed E-state index contributed by atoms with van der Waals surface area (Å²) in [5, 5.41) is 15.4. The molecule has 2 heterocycles. The Balaban J connectivity index is 1.79. The van der Waals surface area contributed by atoms with Gasteiger partial charge in [0, 0.05) is 23.9 Å². The molecule has 1 N–H and O–H groups in total. The predicted octanol–water partition coefficient (Wildman–Crippen LogP) is 4.05. The summed E-state index contributed by atoms with van der Waals surface area (Å²) in [4.78, 5) is 15.0. The molecule has 0 aliphatic heterocycles. The predicted molar refractivity (Wildman–Crippen MR) is 121 cm³/mol. The Kier molecular flexibility index (Phi) is 5.97. The number of fused-ring (bicyclic) bond motifs is 1. The van der Waals surface area contributed by atoms with Gasteiger partial charge in [-0.3, -0.25) is 10.1 Å². The largest absolute Gasteiger partial charge is 0.333 e. The minimum Gasteiger partial charge on any atom is -0.258 e. The second-order valence-electron chi connectivity index (χ2n) is 7.18. The summed E-state index contributed by atoms with van der Waals surface area (Å²) >= 11 is 0. The Bertz CT molecular complexity index is 1400. The molecule has 2 aromatic carbocycles. The maximum Gasteiger partial charge on any atom is 0.333 e. The molecule has 0 amide bonds. The van der Waals surface area contributed by atoms with Gasteiger partial charge in [-0.05, 0) is 30.2 Å². The number of sulfonamides is 1. The lowest BCUT2D eigenvalue weighted by Gasteiger charge is -2.13. The number of rotatable bonds is 8. The van der Waals surface area contributed by atoms with Crippen LogP contribution in [0.25, 0.3) is 28.0 Å². The Morgan fingerprint density at radius 3 is 2.66 bits per heavy atom. The molecular weight excluding hydrogens is 430 g/mol. The fourth-order valence-electron chi connectivity index (χ4n) is 3.47. The lowest BCUT2D eigenvalue weighted by atomic mass is 10.0. The van der Waals surface area contributed by atoms with Crippen molar-refractivity contribution in [2.45, 2.75) is 24.7 Å². The summed E-state index contributed by atoms with van der Waals surface area (Å²) < 4.78 is 29.9. The molecule has 10 heteroatoms. The molecule has 4 rings (SSSR count). The lowest BCUT2D eigenvalue weighted by Crippen LogP contribution is -2.25. The number of unbranched alkanes of at least 4 members (excludes halogenated alkanes) is 1. The quantitative estimate of drug-likeness (QED) is 0.245. The highest BCUT2D eigenvalue weighted by Gasteiger charge is 2.20. The summed E-state index contributed by atoms with van der Waals surface area (Å²) in [6, 6.07) is 15.8. The molecule has 0 saturated heterocycles. The van der Waals surface area contributed by atoms with Crippen LogP contribution in [0.5, 0.6) is 0 Å². The van der Waals surface area contributed by atoms with Crippen molar-refractivity contribution in [1.29, 1.82) is 0 Å². The minimum atomic E-state index is -3.68. The van der Waals surface area contributed by atoms with Crippen molar-refractivity contribution < 1.29 is 13.3 Å². The van der Waals surface area contributed by atoms with Crippen molar-refractivity contribution in [3.8, 4) is 22.4 Å². The molecule has 0 unspecified atom stereocenters. The number of hydrogen-bond acceptors (Lipinski definition) is 6. The zero-order valence-corrected chi connectivity index (χ0v) is 18.1. The van der Waals surface area contributed by atoms with Gasteiger partial charge >= 0.3 is 5.69 Å². The lowest BCUT2D eigenvalue weighted by molar-refractivity contribution is -0.383. The van der Waals surface area contributed by atoms with E-state index in [1.807, 2.05) is 31.2 Å². The zero-order chi connectivity index (χ0) is 22.7. The van der Waals surface area contributed by atoms with E-state index in [1.54, 1.807) is 30.3 Å². The molecule has 0 atom stereocenters. The zero-order valence-electron chi connectivity index (χ0n) is 17.3. The molecule has 0 aliphatic carbocycles. The minimum absolute atomic E-state index is 0.140. The van der Waals surface area contributed by atoms with Gasteiger partial charge in [-0.15, -0.1) is 0 Å². The number of nitrogens with zero attached hydrogens (tertiary/aromatic N) is 4. The summed E-state index contributed by atoms with van der Waals surface area (Å²) in [5.74, 6) is 0. The van der Waals surface area contributed by atoms with Crippen LogP contribution in [-0.2, 0) is 10.0 Å². The van der Waals surface area contributed by atoms with E-state index in [1.165, 1.54) is 16.9 Å². The molecule has 0 saturated carbocycles. The first-order valence-corrected chi connectivity index (χ1v) is 11.6. The number of aromatic nitrogens is 3. The highest BCUT2D eigenvalue weighted by Crippen LogP contribution is 2.31. The van der Waals surface area contributed by atoms with Gasteiger partial charge in [0.15, 0.2) is 0 Å². The van der Waals surface area contributed by atoms with Crippen LogP contribution < -0.4 is 4.72 Å². The van der Waals surface area contributed by atoms with Crippen LogP contribution in [0.15, 0.2) is 71.9 Å². The third-order valence-electron chi connectivity index (χ3n) is 5.05. The monoisotopic (exact) mass is 451 g/mol. The van der Waals surface area contributed by atoms with Crippen molar-refractivity contribution in [2.75, 3.05) is 6.54 Å². The molecular formula is C22H21N5O4S. The van der Waals surface area contributed by atoms with Gasteiger partial charge < -0.3 is 0 Å². The van der Waals surface area contributed by atoms with E-state index in [9.17, 15) is 18.5 Å². The highest BCUT2D eigenvalue weighted by atomic mass is 32.2. The first-order valence-electron chi connectivity index (χ1n) is 10.1. The van der Waals surface area contributed by atoms with E-state index in [0.29, 0.717) is 23.4 Å². The third-order valence-corrected chi connectivity index (χ3v) is 6.57. The maximum atomic E-state index is 12.9. The molecule has 0 spiro atoms. The van der Waals surface area contributed by atoms with Gasteiger partial charge in [0.2, 0.25) is 15.7 Å². The SMILES string of the molecule is CCCCNS(=O)(=O)c1ccccc1-c1cccc(-c2ccnc3c([N+](=O)[O-])cnn23)c1. The molecule has 9 nitrogen and oxygen atoms in total. The summed E-state index contributed by atoms with van der Waals surface area (Å²) in [6.45, 7) is 2.37. The molecule has 0 fully saturated rings. The van der Waals surface area contributed by atoms with Crippen molar-refractivity contribution in [2.24, 2.45) is 0 Å². The smallest absolute Gasteiger partial charge is 0.258 e. The van der Waals surface area contributed by atoms with Gasteiger partial charge in [-0.25, -0.2) is 22.6 Å². The fourth-order valence-corrected chi connectivity index (χ4v) is 4.78. The average Bonchev–Trinajstić information content (AvgIpc) is 3.24. The fraction of sp³-hybridized carbons (Fsp3) is 0.182. The summed E-state index contributed by atoms with van der Waals surface area (Å²) in [5.41, 5.74) is 2.55. The summed E-state index contributed by atoms with van der Waals surface area (Å²) in [7, 11) is -3.68. The number of benzene rings is 2. The Labute approximate surface area is 184 Å². The molecule has 164 valence electrons. The highest BCUT2D eigenvalue weighted by molar-refractivity contribution is 7.89. The normalized spacial score (nSPS) is 11.7. The first-order chi connectivity index (χ1) is 15.4. The molecule has 4 aromatic rings. The van der Waals surface area contributed by atoms with E-state index in [-0.39, 0.29) is 16.2 Å². The Morgan fingerprint density at radius 1 is 1.09 bits per heavy atom. The second kappa shape index (κ2) is 8.85. The van der Waals surface area contributed by atoms with Gasteiger partial charge in [-0.1, -0.05) is 49.7 Å². The van der Waals surface area contributed by atoms with Gasteiger partial charge in [0.25, 0.3) is 0 Å². The molecule has 0 radical (unpaired) electrons. The standard InChI is InChI=1S/C22H21N5O4S/c1-2-3-12-25-32(30,31)21-10-5-4-9-18(21)16-7-6-8-17(14-16)19-11-13-23-22-20(27(28)29)15-24-26(19)22/h4-11,13-15,25H,2-3,12H2,1H3. The van der Waals surface area contributed by atoms with Gasteiger partial charge in [0.05, 0.1) is 15.5 Å². The average molecular weight is 452 g/mol. The van der Waals surface area contributed by atoms with Gasteiger partial charge in [-0.2, -0.15) is 5.10 Å². The second-order valence-corrected chi connectivity index (χ2v) is 8.92. The van der Waals surface area contributed by atoms with E-state index >= 15 is 0 Å². The van der Waals surface area contributed by atoms with Crippen LogP contribution in [0.4, 0.5) is 5.69 Å². The van der Waals surface area contributed by atoms with E-state index in [4.69, 9.17) is 0 Å². The van der Waals surface area contributed by atoms with Crippen LogP contribution in [0.3, 0.4) is 0 Å². The maximum absolute atomic E-state index is 12.9. The van der Waals surface area contributed by atoms with Crippen LogP contribution in [0.2, 0.25) is 0 Å². The number of nitrogens with one attached hydrogen (secondary N) is 1. The topological polar surface area (TPSA) is 120 Å². The third kappa shape index (κ3) is 4.10. The van der Waals surface area contributed by atoms with E-state index in [0.717, 1.165) is 18.4 Å². The van der Waals surface area contributed by atoms with Crippen molar-refractivity contribution in [1.82, 2.24) is 19.3 Å². The van der Waals surface area contributed by atoms with Crippen molar-refractivity contribution >= 4 is 21.4 Å². The van der Waals surface area contributed by atoms with Gasteiger partial charge in [0.1, 0.15) is 6.20 Å².